The largest absolute Gasteiger partial charge is 0.454 e. The molecular weight excluding hydrogens is 368 g/mol. The van der Waals surface area contributed by atoms with Crippen molar-refractivity contribution in [2.75, 3.05) is 17.4 Å². The van der Waals surface area contributed by atoms with Crippen LogP contribution in [0.2, 0.25) is 0 Å². The molecule has 29 heavy (non-hydrogen) atoms. The summed E-state index contributed by atoms with van der Waals surface area (Å²) in [6.07, 6.45) is 1.55. The first-order chi connectivity index (χ1) is 14.0. The van der Waals surface area contributed by atoms with Gasteiger partial charge >= 0.3 is 0 Å². The molecule has 0 aliphatic carbocycles. The van der Waals surface area contributed by atoms with Crippen LogP contribution in [-0.2, 0) is 0 Å². The fourth-order valence-electron chi connectivity index (χ4n) is 3.17. The van der Waals surface area contributed by atoms with Gasteiger partial charge in [-0.1, -0.05) is 32.0 Å². The molecular formula is C22H22N4O3. The highest BCUT2D eigenvalue weighted by Gasteiger charge is 2.16. The SMILES string of the molecule is Cc1cccc(C(C)C)c1NC(=O)c1ccnc(Nc2ccc3c(c2)OCO3)n1. The molecule has 0 radical (unpaired) electrons. The summed E-state index contributed by atoms with van der Waals surface area (Å²) in [5, 5.41) is 6.10. The van der Waals surface area contributed by atoms with Gasteiger partial charge in [-0.15, -0.1) is 0 Å². The Morgan fingerprint density at radius 3 is 2.76 bits per heavy atom. The number of aryl methyl sites for hydroxylation is 1. The Bertz CT molecular complexity index is 1070. The van der Waals surface area contributed by atoms with Crippen LogP contribution in [0.4, 0.5) is 17.3 Å². The van der Waals surface area contributed by atoms with Crippen molar-refractivity contribution in [3.05, 3.63) is 65.5 Å². The Balaban J connectivity index is 1.54. The van der Waals surface area contributed by atoms with Crippen LogP contribution in [0.25, 0.3) is 0 Å². The third-order valence-corrected chi connectivity index (χ3v) is 4.68. The van der Waals surface area contributed by atoms with Crippen molar-refractivity contribution in [3.63, 3.8) is 0 Å². The van der Waals surface area contributed by atoms with Gasteiger partial charge in [0.15, 0.2) is 11.5 Å². The van der Waals surface area contributed by atoms with E-state index in [1.807, 2.05) is 37.3 Å². The van der Waals surface area contributed by atoms with E-state index in [-0.39, 0.29) is 18.4 Å². The molecule has 148 valence electrons. The summed E-state index contributed by atoms with van der Waals surface area (Å²) in [5.74, 6) is 1.69. The number of aromatic nitrogens is 2. The maximum atomic E-state index is 12.8. The van der Waals surface area contributed by atoms with Gasteiger partial charge in [-0.25, -0.2) is 9.97 Å². The smallest absolute Gasteiger partial charge is 0.274 e. The van der Waals surface area contributed by atoms with E-state index < -0.39 is 0 Å². The quantitative estimate of drug-likeness (QED) is 0.660. The number of anilines is 3. The van der Waals surface area contributed by atoms with Crippen molar-refractivity contribution in [2.45, 2.75) is 26.7 Å². The van der Waals surface area contributed by atoms with E-state index in [1.165, 1.54) is 0 Å². The topological polar surface area (TPSA) is 85.4 Å². The predicted molar refractivity (Wildman–Crippen MR) is 111 cm³/mol. The predicted octanol–water partition coefficient (Wildman–Crippen LogP) is 4.63. The number of fused-ring (bicyclic) bond motifs is 1. The Labute approximate surface area is 169 Å². The molecule has 0 spiro atoms. The number of carbonyl (C=O) groups excluding carboxylic acids is 1. The van der Waals surface area contributed by atoms with Crippen molar-refractivity contribution in [2.24, 2.45) is 0 Å². The molecule has 0 saturated heterocycles. The second-order valence-electron chi connectivity index (χ2n) is 7.11. The van der Waals surface area contributed by atoms with Crippen LogP contribution in [0.3, 0.4) is 0 Å². The van der Waals surface area contributed by atoms with E-state index in [0.29, 0.717) is 23.4 Å². The summed E-state index contributed by atoms with van der Waals surface area (Å²) < 4.78 is 10.7. The van der Waals surface area contributed by atoms with Crippen LogP contribution >= 0.6 is 0 Å². The standard InChI is InChI=1S/C22H22N4O3/c1-13(2)16-6-4-5-14(3)20(16)26-21(27)17-9-10-23-22(25-17)24-15-7-8-18-19(11-15)29-12-28-18/h4-11,13H,12H2,1-3H3,(H,26,27)(H,23,24,25). The molecule has 3 aromatic rings. The maximum Gasteiger partial charge on any atom is 0.274 e. The van der Waals surface area contributed by atoms with Crippen molar-refractivity contribution in [1.82, 2.24) is 9.97 Å². The second kappa shape index (κ2) is 7.79. The lowest BCUT2D eigenvalue weighted by Gasteiger charge is -2.16. The summed E-state index contributed by atoms with van der Waals surface area (Å²) >= 11 is 0. The zero-order valence-corrected chi connectivity index (χ0v) is 16.5. The highest BCUT2D eigenvalue weighted by atomic mass is 16.7. The summed E-state index contributed by atoms with van der Waals surface area (Å²) in [4.78, 5) is 21.4. The fourth-order valence-corrected chi connectivity index (χ4v) is 3.17. The molecule has 0 atom stereocenters. The Kier molecular flexibility index (Phi) is 5.03. The summed E-state index contributed by atoms with van der Waals surface area (Å²) in [5.41, 5.74) is 3.95. The maximum absolute atomic E-state index is 12.8. The minimum Gasteiger partial charge on any atom is -0.454 e. The van der Waals surface area contributed by atoms with E-state index in [0.717, 1.165) is 22.5 Å². The highest BCUT2D eigenvalue weighted by molar-refractivity contribution is 6.04. The van der Waals surface area contributed by atoms with Crippen molar-refractivity contribution in [1.29, 1.82) is 0 Å². The number of rotatable bonds is 5. The molecule has 1 aliphatic rings. The Hall–Kier alpha value is -3.61. The molecule has 7 heteroatoms. The van der Waals surface area contributed by atoms with Gasteiger partial charge in [0.2, 0.25) is 12.7 Å². The van der Waals surface area contributed by atoms with Crippen LogP contribution in [-0.4, -0.2) is 22.7 Å². The lowest BCUT2D eigenvalue weighted by atomic mass is 9.98. The van der Waals surface area contributed by atoms with Gasteiger partial charge in [0, 0.05) is 23.6 Å². The van der Waals surface area contributed by atoms with E-state index in [9.17, 15) is 4.79 Å². The highest BCUT2D eigenvalue weighted by Crippen LogP contribution is 2.34. The zero-order chi connectivity index (χ0) is 20.4. The summed E-state index contributed by atoms with van der Waals surface area (Å²) in [6, 6.07) is 13.1. The fraction of sp³-hybridized carbons (Fsp3) is 0.227. The molecule has 4 rings (SSSR count). The number of nitrogens with zero attached hydrogens (tertiary/aromatic N) is 2. The third kappa shape index (κ3) is 3.99. The molecule has 1 amide bonds. The van der Waals surface area contributed by atoms with Crippen molar-refractivity contribution < 1.29 is 14.3 Å². The number of ether oxygens (including phenoxy) is 2. The number of amides is 1. The molecule has 1 aliphatic heterocycles. The van der Waals surface area contributed by atoms with Gasteiger partial charge in [-0.2, -0.15) is 0 Å². The lowest BCUT2D eigenvalue weighted by Crippen LogP contribution is -2.17. The number of benzene rings is 2. The third-order valence-electron chi connectivity index (χ3n) is 4.68. The zero-order valence-electron chi connectivity index (χ0n) is 16.5. The van der Waals surface area contributed by atoms with Gasteiger partial charge in [-0.05, 0) is 42.2 Å². The minimum absolute atomic E-state index is 0.211. The average Bonchev–Trinajstić information content (AvgIpc) is 3.17. The number of para-hydroxylation sites is 1. The van der Waals surface area contributed by atoms with Gasteiger partial charge in [-0.3, -0.25) is 4.79 Å². The van der Waals surface area contributed by atoms with Crippen LogP contribution in [0.15, 0.2) is 48.7 Å². The Morgan fingerprint density at radius 2 is 1.93 bits per heavy atom. The number of nitrogens with one attached hydrogen (secondary N) is 2. The molecule has 0 bridgehead atoms. The molecule has 2 aromatic carbocycles. The molecule has 0 saturated carbocycles. The van der Waals surface area contributed by atoms with Gasteiger partial charge in [0.05, 0.1) is 0 Å². The van der Waals surface area contributed by atoms with Crippen LogP contribution in [0.5, 0.6) is 11.5 Å². The first-order valence-electron chi connectivity index (χ1n) is 9.42. The van der Waals surface area contributed by atoms with Crippen LogP contribution < -0.4 is 20.1 Å². The first-order valence-corrected chi connectivity index (χ1v) is 9.42. The number of hydrogen-bond acceptors (Lipinski definition) is 6. The summed E-state index contributed by atoms with van der Waals surface area (Å²) in [6.45, 7) is 6.39. The lowest BCUT2D eigenvalue weighted by molar-refractivity contribution is 0.102. The van der Waals surface area contributed by atoms with Gasteiger partial charge < -0.3 is 20.1 Å². The summed E-state index contributed by atoms with van der Waals surface area (Å²) in [7, 11) is 0. The van der Waals surface area contributed by atoms with Crippen LogP contribution in [0.1, 0.15) is 41.4 Å². The Morgan fingerprint density at radius 1 is 1.10 bits per heavy atom. The van der Waals surface area contributed by atoms with Gasteiger partial charge in [0.25, 0.3) is 5.91 Å². The second-order valence-corrected chi connectivity index (χ2v) is 7.11. The minimum atomic E-state index is -0.280. The normalized spacial score (nSPS) is 12.1. The number of hydrogen-bond donors (Lipinski definition) is 2. The van der Waals surface area contributed by atoms with Gasteiger partial charge in [0.1, 0.15) is 5.69 Å². The van der Waals surface area contributed by atoms with Crippen LogP contribution in [0, 0.1) is 6.92 Å². The monoisotopic (exact) mass is 390 g/mol. The first kappa shape index (κ1) is 18.7. The van der Waals surface area contributed by atoms with E-state index in [4.69, 9.17) is 9.47 Å². The molecule has 0 fully saturated rings. The molecule has 0 unspecified atom stereocenters. The average molecular weight is 390 g/mol. The van der Waals surface area contributed by atoms with Crippen molar-refractivity contribution in [3.8, 4) is 11.5 Å². The molecule has 2 N–H and O–H groups in total. The van der Waals surface area contributed by atoms with E-state index in [2.05, 4.69) is 34.4 Å². The van der Waals surface area contributed by atoms with Crippen molar-refractivity contribution >= 4 is 23.2 Å². The molecule has 2 heterocycles. The molecule has 1 aromatic heterocycles. The van der Waals surface area contributed by atoms with E-state index >= 15 is 0 Å². The van der Waals surface area contributed by atoms with E-state index in [1.54, 1.807) is 18.3 Å². The molecule has 7 nitrogen and oxygen atoms in total. The number of carbonyl (C=O) groups is 1.